The first-order valence-corrected chi connectivity index (χ1v) is 10.3. The van der Waals surface area contributed by atoms with Crippen molar-refractivity contribution in [3.63, 3.8) is 0 Å². The molecule has 2 atom stereocenters. The molecule has 2 heterocycles. The van der Waals surface area contributed by atoms with Gasteiger partial charge in [0.15, 0.2) is 11.5 Å². The van der Waals surface area contributed by atoms with Gasteiger partial charge in [0.25, 0.3) is 0 Å². The van der Waals surface area contributed by atoms with Crippen molar-refractivity contribution in [2.75, 3.05) is 6.54 Å². The molecule has 0 radical (unpaired) electrons. The summed E-state index contributed by atoms with van der Waals surface area (Å²) in [4.78, 5) is 15.3. The van der Waals surface area contributed by atoms with E-state index in [9.17, 15) is 14.1 Å². The molecule has 0 spiro atoms. The van der Waals surface area contributed by atoms with Crippen LogP contribution < -0.4 is 9.46 Å². The minimum absolute atomic E-state index is 0.0948. The van der Waals surface area contributed by atoms with Gasteiger partial charge in [0.1, 0.15) is 0 Å². The van der Waals surface area contributed by atoms with Gasteiger partial charge >= 0.3 is 5.97 Å². The van der Waals surface area contributed by atoms with Crippen molar-refractivity contribution in [2.24, 2.45) is 0 Å². The first-order valence-electron chi connectivity index (χ1n) is 8.24. The lowest BCUT2D eigenvalue weighted by Crippen LogP contribution is -2.18. The van der Waals surface area contributed by atoms with Gasteiger partial charge < -0.3 is 14.3 Å². The molecule has 0 aliphatic carbocycles. The number of para-hydroxylation sites is 1. The van der Waals surface area contributed by atoms with Gasteiger partial charge in [0.05, 0.1) is 10.3 Å². The molecule has 0 fully saturated rings. The lowest BCUT2D eigenvalue weighted by molar-refractivity contribution is -0.132. The molecule has 148 valence electrons. The van der Waals surface area contributed by atoms with E-state index in [1.807, 2.05) is 30.3 Å². The first-order chi connectivity index (χ1) is 13.4. The number of aromatic hydroxyl groups is 1. The molecule has 0 saturated heterocycles. The fraction of sp³-hybridized carbons (Fsp3) is 0.222. The van der Waals surface area contributed by atoms with Gasteiger partial charge in [0.2, 0.25) is 22.8 Å². The fourth-order valence-electron chi connectivity index (χ4n) is 2.67. The van der Waals surface area contributed by atoms with E-state index in [0.717, 1.165) is 10.9 Å². The molecule has 0 bridgehead atoms. The lowest BCUT2D eigenvalue weighted by Gasteiger charge is -2.08. The van der Waals surface area contributed by atoms with Crippen LogP contribution in [0.1, 0.15) is 23.9 Å². The summed E-state index contributed by atoms with van der Waals surface area (Å²) in [6.45, 7) is 1.40. The maximum atomic E-state index is 11.5. The number of carbonyl (C=O) groups is 1. The van der Waals surface area contributed by atoms with Crippen LogP contribution in [-0.4, -0.2) is 31.4 Å². The van der Waals surface area contributed by atoms with Gasteiger partial charge in [0, 0.05) is 30.6 Å². The highest BCUT2D eigenvalue weighted by atomic mass is 79.9. The minimum Gasteiger partial charge on any atom is -0.502 e. The molecule has 28 heavy (non-hydrogen) atoms. The van der Waals surface area contributed by atoms with E-state index in [2.05, 4.69) is 25.6 Å². The zero-order valence-electron chi connectivity index (χ0n) is 14.7. The number of fused-ring (bicyclic) bond motifs is 1. The van der Waals surface area contributed by atoms with Gasteiger partial charge in [-0.25, -0.2) is 8.93 Å². The highest BCUT2D eigenvalue weighted by molar-refractivity contribution is 9.09. The number of esters is 1. The van der Waals surface area contributed by atoms with Crippen LogP contribution in [-0.2, 0) is 16.1 Å². The van der Waals surface area contributed by atoms with Crippen LogP contribution in [0, 0.1) is 0 Å². The van der Waals surface area contributed by atoms with Gasteiger partial charge in [-0.15, -0.1) is 0 Å². The number of carbonyl (C=O) groups excluding carboxylic acids is 1. The quantitative estimate of drug-likeness (QED) is 0.274. The summed E-state index contributed by atoms with van der Waals surface area (Å²) in [5, 5.41) is 11.5. The zero-order chi connectivity index (χ0) is 20.3. The number of furan rings is 1. The van der Waals surface area contributed by atoms with Crippen molar-refractivity contribution in [1.29, 1.82) is 0 Å². The predicted octanol–water partition coefficient (Wildman–Crippen LogP) is 3.68. The normalized spacial score (nSPS) is 13.4. The summed E-state index contributed by atoms with van der Waals surface area (Å²) in [5.74, 6) is -0.711. The summed E-state index contributed by atoms with van der Waals surface area (Å²) in [6.07, 6.45) is 1.89. The van der Waals surface area contributed by atoms with E-state index in [1.54, 1.807) is 6.20 Å². The number of hydrogen-bond donors (Lipinski definition) is 3. The number of rotatable bonds is 7. The summed E-state index contributed by atoms with van der Waals surface area (Å²) < 4.78 is 32.9. The second-order valence-electron chi connectivity index (χ2n) is 5.88. The smallest absolute Gasteiger partial charge is 0.308 e. The van der Waals surface area contributed by atoms with E-state index in [1.165, 1.54) is 6.92 Å². The number of nitrogens with zero attached hydrogens (tertiary/aromatic N) is 1. The average Bonchev–Trinajstić information content (AvgIpc) is 2.97. The second-order valence-corrected chi connectivity index (χ2v) is 7.78. The molecule has 3 rings (SSSR count). The number of nitrogens with one attached hydrogen (secondary N) is 1. The lowest BCUT2D eigenvalue weighted by atomic mass is 10.1. The van der Waals surface area contributed by atoms with Crippen LogP contribution in [0.15, 0.2) is 40.9 Å². The topological polar surface area (TPSA) is 122 Å². The largest absolute Gasteiger partial charge is 0.502 e. The van der Waals surface area contributed by atoms with E-state index in [4.69, 9.17) is 13.7 Å². The van der Waals surface area contributed by atoms with E-state index in [0.29, 0.717) is 12.0 Å². The summed E-state index contributed by atoms with van der Waals surface area (Å²) in [6, 6.07) is 9.30. The molecule has 2 unspecified atom stereocenters. The van der Waals surface area contributed by atoms with Crippen molar-refractivity contribution in [3.8, 4) is 22.8 Å². The van der Waals surface area contributed by atoms with E-state index >= 15 is 0 Å². The Hall–Kier alpha value is -2.27. The molecule has 0 aliphatic heterocycles. The monoisotopic (exact) mass is 468 g/mol. The van der Waals surface area contributed by atoms with Crippen molar-refractivity contribution >= 4 is 44.1 Å². The molecule has 0 amide bonds. The van der Waals surface area contributed by atoms with E-state index in [-0.39, 0.29) is 29.6 Å². The second kappa shape index (κ2) is 8.82. The van der Waals surface area contributed by atoms with Gasteiger partial charge in [-0.1, -0.05) is 34.1 Å². The standard InChI is InChI=1S/C18H17BrN2O6S/c1-10(22)26-18-15(23)16(27-17(18)13(19)6-7-21-28(24)25)12-8-11-4-2-3-5-14(11)20-9-12/h2-5,8-9,13,21,23H,6-7H2,1H3,(H,24,25). The zero-order valence-corrected chi connectivity index (χ0v) is 17.1. The van der Waals surface area contributed by atoms with Gasteiger partial charge in [-0.3, -0.25) is 14.3 Å². The fourth-order valence-corrected chi connectivity index (χ4v) is 3.49. The van der Waals surface area contributed by atoms with Crippen molar-refractivity contribution in [3.05, 3.63) is 42.3 Å². The molecule has 10 heteroatoms. The first kappa shape index (κ1) is 20.5. The minimum atomic E-state index is -2.14. The summed E-state index contributed by atoms with van der Waals surface area (Å²) in [5.41, 5.74) is 1.31. The van der Waals surface area contributed by atoms with Gasteiger partial charge in [-0.2, -0.15) is 0 Å². The Bertz CT molecular complexity index is 1040. The number of aromatic nitrogens is 1. The van der Waals surface area contributed by atoms with Crippen LogP contribution in [0.2, 0.25) is 0 Å². The SMILES string of the molecule is CC(=O)Oc1c(C(Br)CCNS(=O)O)oc(-c2cnc3ccccc3c2)c1O. The van der Waals surface area contributed by atoms with Crippen molar-refractivity contribution < 1.29 is 27.8 Å². The molecular formula is C18H17BrN2O6S. The van der Waals surface area contributed by atoms with Crippen LogP contribution in [0.3, 0.4) is 0 Å². The highest BCUT2D eigenvalue weighted by Gasteiger charge is 2.28. The van der Waals surface area contributed by atoms with Crippen LogP contribution in [0.5, 0.6) is 11.5 Å². The highest BCUT2D eigenvalue weighted by Crippen LogP contribution is 2.48. The average molecular weight is 469 g/mol. The number of pyridine rings is 1. The Morgan fingerprint density at radius 2 is 2.18 bits per heavy atom. The Morgan fingerprint density at radius 1 is 1.43 bits per heavy atom. The number of benzene rings is 1. The van der Waals surface area contributed by atoms with Crippen LogP contribution >= 0.6 is 15.9 Å². The molecule has 3 aromatic rings. The number of hydrogen-bond acceptors (Lipinski definition) is 6. The molecule has 8 nitrogen and oxygen atoms in total. The molecule has 3 N–H and O–H groups in total. The Kier molecular flexibility index (Phi) is 6.45. The third-order valence-corrected chi connectivity index (χ3v) is 5.20. The summed E-state index contributed by atoms with van der Waals surface area (Å²) in [7, 11) is 0. The number of halogens is 1. The number of alkyl halides is 1. The predicted molar refractivity (Wildman–Crippen MR) is 107 cm³/mol. The van der Waals surface area contributed by atoms with E-state index < -0.39 is 22.1 Å². The molecule has 0 saturated carbocycles. The Labute approximate surface area is 171 Å². The van der Waals surface area contributed by atoms with Crippen LogP contribution in [0.4, 0.5) is 0 Å². The third-order valence-electron chi connectivity index (χ3n) is 3.87. The Morgan fingerprint density at radius 3 is 2.89 bits per heavy atom. The maximum absolute atomic E-state index is 11.5. The molecular weight excluding hydrogens is 452 g/mol. The molecule has 0 aliphatic rings. The maximum Gasteiger partial charge on any atom is 0.308 e. The summed E-state index contributed by atoms with van der Waals surface area (Å²) >= 11 is 1.26. The van der Waals surface area contributed by atoms with Crippen LogP contribution in [0.25, 0.3) is 22.2 Å². The van der Waals surface area contributed by atoms with Crippen molar-refractivity contribution in [2.45, 2.75) is 18.2 Å². The number of ether oxygens (including phenoxy) is 1. The molecule has 1 aromatic carbocycles. The van der Waals surface area contributed by atoms with Crippen molar-refractivity contribution in [1.82, 2.24) is 9.71 Å². The Balaban J connectivity index is 2.00. The molecule has 2 aromatic heterocycles. The third kappa shape index (κ3) is 4.58. The van der Waals surface area contributed by atoms with Gasteiger partial charge in [-0.05, 0) is 18.6 Å².